The second kappa shape index (κ2) is 8.99. The number of nitrogens with zero attached hydrogens (tertiary/aromatic N) is 5. The van der Waals surface area contributed by atoms with Crippen LogP contribution in [0, 0.1) is 0 Å². The van der Waals surface area contributed by atoms with E-state index in [1.165, 1.54) is 18.3 Å². The molecule has 3 heterocycles. The normalized spacial score (nSPS) is 16.3. The van der Waals surface area contributed by atoms with Gasteiger partial charge in [0.25, 0.3) is 0 Å². The molecular weight excluding hydrogens is 464 g/mol. The van der Waals surface area contributed by atoms with E-state index in [4.69, 9.17) is 5.14 Å². The van der Waals surface area contributed by atoms with Crippen molar-refractivity contribution < 1.29 is 8.42 Å². The minimum atomic E-state index is -4.15. The molecule has 5 rings (SSSR count). The number of nitrogens with two attached hydrogens (primary N) is 1. The molecule has 170 valence electrons. The third-order valence-electron chi connectivity index (χ3n) is 5.23. The first-order chi connectivity index (χ1) is 16.0. The van der Waals surface area contributed by atoms with Gasteiger partial charge >= 0.3 is 0 Å². The zero-order valence-corrected chi connectivity index (χ0v) is 18.8. The van der Waals surface area contributed by atoms with Crippen LogP contribution in [0.15, 0.2) is 52.5 Å². The quantitative estimate of drug-likeness (QED) is 0.237. The maximum atomic E-state index is 12.8. The minimum absolute atomic E-state index is 0.0603. The Balaban J connectivity index is 1.67. The number of hydrogen-bond donors (Lipinski definition) is 5. The van der Waals surface area contributed by atoms with E-state index in [0.29, 0.717) is 16.3 Å². The number of aromatic nitrogens is 7. The summed E-state index contributed by atoms with van der Waals surface area (Å²) >= 11 is 1.23. The predicted octanol–water partition coefficient (Wildman–Crippen LogP) is 0.925. The lowest BCUT2D eigenvalue weighted by atomic mass is 9.97. The van der Waals surface area contributed by atoms with Gasteiger partial charge in [-0.1, -0.05) is 24.3 Å². The summed E-state index contributed by atoms with van der Waals surface area (Å²) in [4.78, 5) is 4.59. The Kier molecular flexibility index (Phi) is 5.90. The highest BCUT2D eigenvalue weighted by molar-refractivity contribution is 7.98. The molecule has 6 N–H and O–H groups in total. The van der Waals surface area contributed by atoms with Crippen LogP contribution in [0.4, 0.5) is 0 Å². The Morgan fingerprint density at radius 2 is 2.06 bits per heavy atom. The lowest BCUT2D eigenvalue weighted by Crippen LogP contribution is -2.26. The third kappa shape index (κ3) is 4.51. The van der Waals surface area contributed by atoms with Gasteiger partial charge in [-0.05, 0) is 53.4 Å². The van der Waals surface area contributed by atoms with Crippen LogP contribution >= 0.6 is 11.9 Å². The maximum absolute atomic E-state index is 12.8. The molecule has 2 aromatic heterocycles. The number of sulfonamides is 1. The Morgan fingerprint density at radius 1 is 1.18 bits per heavy atom. The monoisotopic (exact) mass is 484 g/mol. The molecule has 2 aromatic carbocycles. The summed E-state index contributed by atoms with van der Waals surface area (Å²) in [6, 6.07) is 11.2. The van der Waals surface area contributed by atoms with Crippen molar-refractivity contribution >= 4 is 22.0 Å². The fraction of sp³-hybridized carbons (Fsp3) is 0.211. The smallest absolute Gasteiger partial charge is 0.239 e. The molecule has 33 heavy (non-hydrogen) atoms. The first kappa shape index (κ1) is 21.7. The predicted molar refractivity (Wildman–Crippen MR) is 122 cm³/mol. The minimum Gasteiger partial charge on any atom is -0.315 e. The summed E-state index contributed by atoms with van der Waals surface area (Å²) in [7, 11) is -4.15. The molecule has 0 amide bonds. The topological polar surface area (TPSA) is 180 Å². The van der Waals surface area contributed by atoms with Gasteiger partial charge in [0.1, 0.15) is 11.2 Å². The van der Waals surface area contributed by atoms with Crippen LogP contribution in [-0.2, 0) is 10.0 Å². The number of tetrazole rings is 1. The van der Waals surface area contributed by atoms with Gasteiger partial charge in [-0.2, -0.15) is 10.3 Å². The molecule has 0 spiro atoms. The summed E-state index contributed by atoms with van der Waals surface area (Å²) < 4.78 is 29.0. The summed E-state index contributed by atoms with van der Waals surface area (Å²) in [6.45, 7) is 1.72. The van der Waals surface area contributed by atoms with Gasteiger partial charge in [0, 0.05) is 23.0 Å². The molecule has 0 aliphatic carbocycles. The fourth-order valence-corrected chi connectivity index (χ4v) is 5.87. The van der Waals surface area contributed by atoms with E-state index in [-0.39, 0.29) is 22.3 Å². The van der Waals surface area contributed by atoms with Crippen molar-refractivity contribution in [3.05, 3.63) is 42.7 Å². The Morgan fingerprint density at radius 3 is 2.76 bits per heavy atom. The number of aromatic amines is 2. The second-order valence-electron chi connectivity index (χ2n) is 7.42. The Labute approximate surface area is 193 Å². The average molecular weight is 485 g/mol. The molecule has 1 aliphatic heterocycles. The van der Waals surface area contributed by atoms with E-state index in [0.717, 1.165) is 30.6 Å². The van der Waals surface area contributed by atoms with Crippen molar-refractivity contribution in [2.24, 2.45) is 5.14 Å². The van der Waals surface area contributed by atoms with E-state index in [2.05, 4.69) is 45.8 Å². The Hall–Kier alpha value is -3.17. The van der Waals surface area contributed by atoms with Crippen LogP contribution in [0.2, 0.25) is 0 Å². The molecule has 0 bridgehead atoms. The summed E-state index contributed by atoms with van der Waals surface area (Å²) in [5, 5.41) is 29.9. The van der Waals surface area contributed by atoms with Gasteiger partial charge in [-0.25, -0.2) is 18.5 Å². The number of H-pyrrole nitrogens is 2. The van der Waals surface area contributed by atoms with Crippen LogP contribution in [0.1, 0.15) is 6.42 Å². The van der Waals surface area contributed by atoms with Crippen LogP contribution in [-0.4, -0.2) is 63.4 Å². The molecular formula is C19H20N10O2S2. The van der Waals surface area contributed by atoms with Crippen molar-refractivity contribution in [2.45, 2.75) is 22.3 Å². The van der Waals surface area contributed by atoms with Crippen molar-refractivity contribution in [3.8, 4) is 33.9 Å². The van der Waals surface area contributed by atoms with Crippen molar-refractivity contribution in [1.82, 2.24) is 45.8 Å². The average Bonchev–Trinajstić information content (AvgIpc) is 3.59. The lowest BCUT2D eigenvalue weighted by molar-refractivity contribution is 0.596. The number of primary sulfonamides is 1. The van der Waals surface area contributed by atoms with E-state index < -0.39 is 10.0 Å². The van der Waals surface area contributed by atoms with Gasteiger partial charge in [0.15, 0.2) is 5.82 Å². The third-order valence-corrected chi connectivity index (χ3v) is 7.37. The molecule has 0 radical (unpaired) electrons. The maximum Gasteiger partial charge on any atom is 0.239 e. The highest BCUT2D eigenvalue weighted by Crippen LogP contribution is 2.40. The van der Waals surface area contributed by atoms with Crippen molar-refractivity contribution in [3.63, 3.8) is 0 Å². The number of benzene rings is 2. The van der Waals surface area contributed by atoms with Gasteiger partial charge in [-0.15, -0.1) is 10.2 Å². The van der Waals surface area contributed by atoms with E-state index in [1.54, 1.807) is 6.07 Å². The van der Waals surface area contributed by atoms with E-state index in [9.17, 15) is 8.42 Å². The Bertz CT molecular complexity index is 1350. The van der Waals surface area contributed by atoms with Crippen LogP contribution < -0.4 is 15.2 Å². The molecule has 1 aliphatic rings. The number of rotatable bonds is 7. The summed E-state index contributed by atoms with van der Waals surface area (Å²) in [5.41, 5.74) is 2.39. The number of hydrogen-bond acceptors (Lipinski definition) is 10. The lowest BCUT2D eigenvalue weighted by Gasteiger charge is -2.17. The van der Waals surface area contributed by atoms with Gasteiger partial charge in [-0.3, -0.25) is 9.82 Å². The van der Waals surface area contributed by atoms with Crippen molar-refractivity contribution in [1.29, 1.82) is 0 Å². The molecule has 4 aromatic rings. The van der Waals surface area contributed by atoms with Gasteiger partial charge in [0.05, 0.1) is 5.56 Å². The van der Waals surface area contributed by atoms with Gasteiger partial charge < -0.3 is 5.32 Å². The molecule has 14 heteroatoms. The first-order valence-electron chi connectivity index (χ1n) is 10.0. The zero-order chi connectivity index (χ0) is 22.8. The number of nitrogens with one attached hydrogen (secondary N) is 4. The molecule has 1 fully saturated rings. The molecule has 1 saturated heterocycles. The molecule has 12 nitrogen and oxygen atoms in total. The summed E-state index contributed by atoms with van der Waals surface area (Å²) in [5.74, 6) is 0.718. The summed E-state index contributed by atoms with van der Waals surface area (Å²) in [6.07, 6.45) is 2.37. The highest BCUT2D eigenvalue weighted by Gasteiger charge is 2.27. The highest BCUT2D eigenvalue weighted by atomic mass is 32.2. The van der Waals surface area contributed by atoms with Crippen LogP contribution in [0.3, 0.4) is 0 Å². The van der Waals surface area contributed by atoms with Gasteiger partial charge in [0.2, 0.25) is 15.8 Å². The first-order valence-corrected chi connectivity index (χ1v) is 12.4. The van der Waals surface area contributed by atoms with E-state index >= 15 is 0 Å². The SMILES string of the molecule is NS(=O)(=O)c1c(SN[C@@H]2CCNC2)ccc(-c2cccc(-c3ncn[nH]3)c2)c1-c1nn[nH]n1. The van der Waals surface area contributed by atoms with Crippen LogP contribution in [0.5, 0.6) is 0 Å². The molecule has 0 unspecified atom stereocenters. The molecule has 1 atom stereocenters. The van der Waals surface area contributed by atoms with E-state index in [1.807, 2.05) is 30.3 Å². The van der Waals surface area contributed by atoms with Crippen molar-refractivity contribution in [2.75, 3.05) is 13.1 Å². The second-order valence-corrected chi connectivity index (χ2v) is 9.80. The zero-order valence-electron chi connectivity index (χ0n) is 17.2. The fourth-order valence-electron chi connectivity index (χ4n) is 3.74. The largest absolute Gasteiger partial charge is 0.315 e. The standard InChI is InChI=1S/C19H20N10O2S2/c20-33(30,31)17-15(32-27-13-6-7-21-9-13)5-4-14(16(17)19-25-28-29-26-19)11-2-1-3-12(8-11)18-22-10-23-24-18/h1-5,8,10,13,21,27H,6-7,9H2,(H2,20,30,31)(H,22,23,24)(H,25,26,28,29)/t13-/m1/s1. The van der Waals surface area contributed by atoms with Crippen LogP contribution in [0.25, 0.3) is 33.9 Å². The molecule has 0 saturated carbocycles.